The first-order chi connectivity index (χ1) is 8.92. The van der Waals surface area contributed by atoms with Crippen LogP contribution < -0.4 is 5.73 Å². The van der Waals surface area contributed by atoms with E-state index in [0.29, 0.717) is 12.2 Å². The third-order valence-electron chi connectivity index (χ3n) is 3.15. The summed E-state index contributed by atoms with van der Waals surface area (Å²) in [6.45, 7) is 6.64. The van der Waals surface area contributed by atoms with Crippen LogP contribution in [0.5, 0.6) is 0 Å². The van der Waals surface area contributed by atoms with E-state index in [4.69, 9.17) is 28.0 Å². The molecule has 0 fully saturated rings. The fourth-order valence-corrected chi connectivity index (χ4v) is 2.24. The van der Waals surface area contributed by atoms with Crippen molar-refractivity contribution in [2.45, 2.75) is 27.4 Å². The van der Waals surface area contributed by atoms with Crippen molar-refractivity contribution in [1.82, 2.24) is 0 Å². The van der Waals surface area contributed by atoms with Crippen molar-refractivity contribution in [2.24, 2.45) is 5.73 Å². The van der Waals surface area contributed by atoms with Crippen molar-refractivity contribution in [1.29, 1.82) is 5.26 Å². The molecule has 0 heterocycles. The summed E-state index contributed by atoms with van der Waals surface area (Å²) in [5, 5.41) is 9.06. The minimum atomic E-state index is 0.121. The highest BCUT2D eigenvalue weighted by atomic mass is 32.1. The first-order valence-corrected chi connectivity index (χ1v) is 6.33. The predicted octanol–water partition coefficient (Wildman–Crippen LogP) is 2.95. The third-order valence-corrected chi connectivity index (χ3v) is 3.37. The Hall–Kier alpha value is -1.70. The van der Waals surface area contributed by atoms with E-state index in [1.165, 1.54) is 5.56 Å². The lowest BCUT2D eigenvalue weighted by atomic mass is 9.92. The van der Waals surface area contributed by atoms with E-state index < -0.39 is 0 Å². The van der Waals surface area contributed by atoms with Crippen LogP contribution in [0.1, 0.15) is 27.8 Å². The lowest BCUT2D eigenvalue weighted by molar-refractivity contribution is 0.184. The minimum Gasteiger partial charge on any atom is -0.389 e. The van der Waals surface area contributed by atoms with Gasteiger partial charge in [-0.3, -0.25) is 0 Å². The number of methoxy groups -OCH3 is 1. The molecule has 0 unspecified atom stereocenters. The summed E-state index contributed by atoms with van der Waals surface area (Å²) in [6, 6.07) is 4.12. The molecule has 0 aromatic heterocycles. The van der Waals surface area contributed by atoms with Gasteiger partial charge in [-0.1, -0.05) is 18.3 Å². The first kappa shape index (κ1) is 15.4. The molecule has 0 bridgehead atoms. The van der Waals surface area contributed by atoms with E-state index in [2.05, 4.69) is 13.0 Å². The molecule has 100 valence electrons. The Morgan fingerprint density at radius 2 is 2.05 bits per heavy atom. The molecule has 0 saturated carbocycles. The third kappa shape index (κ3) is 3.40. The van der Waals surface area contributed by atoms with Crippen LogP contribution in [-0.4, -0.2) is 12.1 Å². The summed E-state index contributed by atoms with van der Waals surface area (Å²) in [5.41, 5.74) is 11.4. The van der Waals surface area contributed by atoms with Gasteiger partial charge in [0.25, 0.3) is 0 Å². The molecule has 1 rings (SSSR count). The molecule has 0 aliphatic rings. The molecular formula is C15H18N2OS. The van der Waals surface area contributed by atoms with Gasteiger partial charge in [0.2, 0.25) is 0 Å². The van der Waals surface area contributed by atoms with Crippen LogP contribution >= 0.6 is 12.2 Å². The number of hydrogen-bond acceptors (Lipinski definition) is 3. The first-order valence-electron chi connectivity index (χ1n) is 5.92. The number of ether oxygens (including phenoxy) is 1. The second kappa shape index (κ2) is 6.46. The monoisotopic (exact) mass is 274 g/mol. The van der Waals surface area contributed by atoms with Crippen molar-refractivity contribution in [3.63, 3.8) is 0 Å². The zero-order valence-corrected chi connectivity index (χ0v) is 12.5. The van der Waals surface area contributed by atoms with Gasteiger partial charge in [0.15, 0.2) is 0 Å². The van der Waals surface area contributed by atoms with Gasteiger partial charge < -0.3 is 10.5 Å². The normalized spacial score (nSPS) is 11.2. The number of nitrogens with zero attached hydrogens (tertiary/aromatic N) is 1. The SMILES string of the molecule is COCc1c(C)cc(C)c(/C=C(/C#N)C(N)=S)c1C. The van der Waals surface area contributed by atoms with Gasteiger partial charge in [-0.2, -0.15) is 5.26 Å². The Labute approximate surface area is 119 Å². The molecule has 0 spiro atoms. The lowest BCUT2D eigenvalue weighted by Crippen LogP contribution is -2.10. The number of aryl methyl sites for hydroxylation is 2. The number of nitriles is 1. The van der Waals surface area contributed by atoms with E-state index >= 15 is 0 Å². The maximum atomic E-state index is 9.06. The van der Waals surface area contributed by atoms with Crippen molar-refractivity contribution >= 4 is 23.3 Å². The smallest absolute Gasteiger partial charge is 0.114 e. The van der Waals surface area contributed by atoms with Gasteiger partial charge >= 0.3 is 0 Å². The molecule has 3 nitrogen and oxygen atoms in total. The van der Waals surface area contributed by atoms with Crippen molar-refractivity contribution < 1.29 is 4.74 Å². The van der Waals surface area contributed by atoms with Crippen LogP contribution in [0.4, 0.5) is 0 Å². The summed E-state index contributed by atoms with van der Waals surface area (Å²) < 4.78 is 5.23. The maximum absolute atomic E-state index is 9.06. The van der Waals surface area contributed by atoms with Crippen LogP contribution in [0.2, 0.25) is 0 Å². The second-order valence-corrected chi connectivity index (χ2v) is 4.93. The van der Waals surface area contributed by atoms with Crippen LogP contribution in [0, 0.1) is 32.1 Å². The zero-order valence-electron chi connectivity index (χ0n) is 11.7. The number of nitrogens with two attached hydrogens (primary N) is 1. The van der Waals surface area contributed by atoms with Gasteiger partial charge in [-0.25, -0.2) is 0 Å². The zero-order chi connectivity index (χ0) is 14.6. The van der Waals surface area contributed by atoms with Gasteiger partial charge in [-0.15, -0.1) is 0 Å². The Kier molecular flexibility index (Phi) is 5.22. The molecular weight excluding hydrogens is 256 g/mol. The highest BCUT2D eigenvalue weighted by Crippen LogP contribution is 2.25. The standard InChI is InChI=1S/C15H18N2OS/c1-9-5-10(2)14(8-18-4)11(3)13(9)6-12(7-16)15(17)19/h5-6H,8H2,1-4H3,(H2,17,19)/b12-6-. The number of rotatable bonds is 4. The number of benzene rings is 1. The summed E-state index contributed by atoms with van der Waals surface area (Å²) in [6.07, 6.45) is 1.76. The quantitative estimate of drug-likeness (QED) is 0.521. The summed E-state index contributed by atoms with van der Waals surface area (Å²) in [4.78, 5) is 0.121. The van der Waals surface area contributed by atoms with Crippen molar-refractivity contribution in [3.05, 3.63) is 39.5 Å². The second-order valence-electron chi connectivity index (χ2n) is 4.49. The van der Waals surface area contributed by atoms with Crippen LogP contribution in [-0.2, 0) is 11.3 Å². The van der Waals surface area contributed by atoms with Crippen LogP contribution in [0.15, 0.2) is 11.6 Å². The summed E-state index contributed by atoms with van der Waals surface area (Å²) >= 11 is 4.87. The maximum Gasteiger partial charge on any atom is 0.114 e. The summed E-state index contributed by atoms with van der Waals surface area (Å²) in [7, 11) is 1.67. The van der Waals surface area contributed by atoms with Gasteiger partial charge in [0.05, 0.1) is 12.2 Å². The molecule has 4 heteroatoms. The average molecular weight is 274 g/mol. The topological polar surface area (TPSA) is 59.0 Å². The molecule has 0 aliphatic carbocycles. The molecule has 0 amide bonds. The fraction of sp³-hybridized carbons (Fsp3) is 0.333. The largest absolute Gasteiger partial charge is 0.389 e. The van der Waals surface area contributed by atoms with E-state index in [9.17, 15) is 0 Å². The highest BCUT2D eigenvalue weighted by Gasteiger charge is 2.11. The molecule has 1 aromatic carbocycles. The van der Waals surface area contributed by atoms with E-state index in [1.54, 1.807) is 13.2 Å². The lowest BCUT2D eigenvalue weighted by Gasteiger charge is -2.15. The molecule has 0 aliphatic heterocycles. The van der Waals surface area contributed by atoms with E-state index in [0.717, 1.165) is 22.3 Å². The Morgan fingerprint density at radius 3 is 2.53 bits per heavy atom. The van der Waals surface area contributed by atoms with E-state index in [1.807, 2.05) is 19.9 Å². The molecule has 1 aromatic rings. The van der Waals surface area contributed by atoms with Crippen LogP contribution in [0.3, 0.4) is 0 Å². The fourth-order valence-electron chi connectivity index (χ4n) is 2.14. The Bertz CT molecular complexity index is 583. The van der Waals surface area contributed by atoms with Crippen molar-refractivity contribution in [3.8, 4) is 6.07 Å². The van der Waals surface area contributed by atoms with Gasteiger partial charge in [0.1, 0.15) is 11.1 Å². The van der Waals surface area contributed by atoms with Gasteiger partial charge in [-0.05, 0) is 54.7 Å². The molecule has 0 saturated heterocycles. The van der Waals surface area contributed by atoms with Gasteiger partial charge in [0, 0.05) is 7.11 Å². The minimum absolute atomic E-state index is 0.121. The van der Waals surface area contributed by atoms with Crippen molar-refractivity contribution in [2.75, 3.05) is 7.11 Å². The number of thiocarbonyl (C=S) groups is 1. The highest BCUT2D eigenvalue weighted by molar-refractivity contribution is 7.80. The molecule has 2 N–H and O–H groups in total. The van der Waals surface area contributed by atoms with Crippen LogP contribution in [0.25, 0.3) is 6.08 Å². The summed E-state index contributed by atoms with van der Waals surface area (Å²) in [5.74, 6) is 0. The number of hydrogen-bond donors (Lipinski definition) is 1. The Morgan fingerprint density at radius 1 is 1.42 bits per heavy atom. The van der Waals surface area contributed by atoms with E-state index in [-0.39, 0.29) is 4.99 Å². The Balaban J connectivity index is 3.48. The molecule has 19 heavy (non-hydrogen) atoms. The predicted molar refractivity (Wildman–Crippen MR) is 81.7 cm³/mol. The molecule has 0 atom stereocenters. The molecule has 0 radical (unpaired) electrons. The average Bonchev–Trinajstić information content (AvgIpc) is 2.34.